The molecular formula is C16H23NO3. The topological polar surface area (TPSA) is 49.8 Å². The van der Waals surface area contributed by atoms with Gasteiger partial charge in [-0.1, -0.05) is 30.3 Å². The number of amides is 1. The van der Waals surface area contributed by atoms with Gasteiger partial charge in [0, 0.05) is 13.5 Å². The molecule has 1 N–H and O–H groups in total. The molecule has 0 aromatic heterocycles. The van der Waals surface area contributed by atoms with Crippen LogP contribution < -0.4 is 0 Å². The van der Waals surface area contributed by atoms with Gasteiger partial charge in [0.25, 0.3) is 0 Å². The lowest BCUT2D eigenvalue weighted by Crippen LogP contribution is -2.50. The number of benzene rings is 1. The third-order valence-corrected chi connectivity index (χ3v) is 3.80. The first kappa shape index (κ1) is 15.0. The average molecular weight is 277 g/mol. The van der Waals surface area contributed by atoms with Crippen molar-refractivity contribution in [2.45, 2.75) is 44.9 Å². The van der Waals surface area contributed by atoms with Crippen molar-refractivity contribution in [3.8, 4) is 0 Å². The molecule has 1 aromatic rings. The molecule has 2 rings (SSSR count). The van der Waals surface area contributed by atoms with E-state index in [9.17, 15) is 9.90 Å². The van der Waals surface area contributed by atoms with Crippen molar-refractivity contribution < 1.29 is 14.6 Å². The average Bonchev–Trinajstić information content (AvgIpc) is 2.48. The predicted octanol–water partition coefficient (Wildman–Crippen LogP) is 1.97. The molecule has 1 aliphatic rings. The number of hydrogen-bond acceptors (Lipinski definition) is 3. The number of ether oxygens (including phenoxy) is 1. The Morgan fingerprint density at radius 3 is 2.85 bits per heavy atom. The summed E-state index contributed by atoms with van der Waals surface area (Å²) in [4.78, 5) is 13.4. The fraction of sp³-hybridized carbons (Fsp3) is 0.562. The molecule has 1 saturated heterocycles. The maximum absolute atomic E-state index is 11.6. The van der Waals surface area contributed by atoms with Crippen molar-refractivity contribution in [2.75, 3.05) is 13.2 Å². The number of hydrogen-bond donors (Lipinski definition) is 1. The van der Waals surface area contributed by atoms with Gasteiger partial charge >= 0.3 is 0 Å². The molecular weight excluding hydrogens is 254 g/mol. The molecule has 4 nitrogen and oxygen atoms in total. The van der Waals surface area contributed by atoms with Crippen LogP contribution in [0.25, 0.3) is 0 Å². The van der Waals surface area contributed by atoms with Crippen molar-refractivity contribution in [3.63, 3.8) is 0 Å². The molecule has 0 spiro atoms. The van der Waals surface area contributed by atoms with Crippen LogP contribution in [0.4, 0.5) is 0 Å². The zero-order chi connectivity index (χ0) is 14.4. The fourth-order valence-corrected chi connectivity index (χ4v) is 2.73. The number of carbonyl (C=O) groups is 1. The van der Waals surface area contributed by atoms with Gasteiger partial charge < -0.3 is 14.7 Å². The van der Waals surface area contributed by atoms with Gasteiger partial charge in [0.15, 0.2) is 0 Å². The van der Waals surface area contributed by atoms with Crippen molar-refractivity contribution >= 4 is 5.91 Å². The van der Waals surface area contributed by atoms with Crippen molar-refractivity contribution in [1.82, 2.24) is 4.90 Å². The second kappa shape index (κ2) is 7.41. The molecule has 0 saturated carbocycles. The molecule has 0 bridgehead atoms. The third kappa shape index (κ3) is 4.05. The van der Waals surface area contributed by atoms with Gasteiger partial charge in [0.05, 0.1) is 25.4 Å². The number of rotatable bonds is 5. The molecule has 110 valence electrons. The monoisotopic (exact) mass is 277 g/mol. The molecule has 1 aromatic carbocycles. The lowest BCUT2D eigenvalue weighted by atomic mass is 9.97. The first-order valence-corrected chi connectivity index (χ1v) is 7.25. The van der Waals surface area contributed by atoms with E-state index in [1.165, 1.54) is 0 Å². The largest absolute Gasteiger partial charge is 0.389 e. The van der Waals surface area contributed by atoms with Crippen LogP contribution in [0.5, 0.6) is 0 Å². The van der Waals surface area contributed by atoms with Gasteiger partial charge in [-0.15, -0.1) is 0 Å². The normalized spacial score (nSPS) is 20.7. The first-order valence-electron chi connectivity index (χ1n) is 7.25. The molecule has 2 unspecified atom stereocenters. The highest BCUT2D eigenvalue weighted by molar-refractivity contribution is 5.73. The number of aliphatic hydroxyl groups excluding tert-OH is 1. The smallest absolute Gasteiger partial charge is 0.219 e. The van der Waals surface area contributed by atoms with Crippen LogP contribution in [0.15, 0.2) is 30.3 Å². The lowest BCUT2D eigenvalue weighted by Gasteiger charge is -2.37. The second-order valence-corrected chi connectivity index (χ2v) is 5.34. The zero-order valence-corrected chi connectivity index (χ0v) is 12.0. The van der Waals surface area contributed by atoms with Gasteiger partial charge in [0.1, 0.15) is 0 Å². The number of carbonyl (C=O) groups excluding carboxylic acids is 1. The number of piperidine rings is 1. The van der Waals surface area contributed by atoms with Crippen LogP contribution in [-0.4, -0.2) is 41.2 Å². The van der Waals surface area contributed by atoms with Crippen LogP contribution in [0, 0.1) is 0 Å². The summed E-state index contributed by atoms with van der Waals surface area (Å²) in [6, 6.07) is 9.79. The summed E-state index contributed by atoms with van der Waals surface area (Å²) >= 11 is 0. The Morgan fingerprint density at radius 2 is 2.15 bits per heavy atom. The number of likely N-dealkylation sites (tertiary alicyclic amines) is 1. The SMILES string of the molecule is CC(=O)N1CCCCC1C(O)COCc1ccccc1. The van der Waals surface area contributed by atoms with Crippen molar-refractivity contribution in [1.29, 1.82) is 0 Å². The predicted molar refractivity (Wildman–Crippen MR) is 77.1 cm³/mol. The van der Waals surface area contributed by atoms with Crippen LogP contribution in [0.1, 0.15) is 31.7 Å². The summed E-state index contributed by atoms with van der Waals surface area (Å²) in [7, 11) is 0. The Balaban J connectivity index is 1.81. The fourth-order valence-electron chi connectivity index (χ4n) is 2.73. The summed E-state index contributed by atoms with van der Waals surface area (Å²) in [6.07, 6.45) is 2.33. The molecule has 4 heteroatoms. The van der Waals surface area contributed by atoms with E-state index in [4.69, 9.17) is 4.74 Å². The zero-order valence-electron chi connectivity index (χ0n) is 12.0. The Hall–Kier alpha value is -1.39. The van der Waals surface area contributed by atoms with E-state index < -0.39 is 6.10 Å². The summed E-state index contributed by atoms with van der Waals surface area (Å²) in [5, 5.41) is 10.3. The number of nitrogens with zero attached hydrogens (tertiary/aromatic N) is 1. The van der Waals surface area contributed by atoms with Gasteiger partial charge in [-0.3, -0.25) is 4.79 Å². The van der Waals surface area contributed by atoms with Gasteiger partial charge in [0.2, 0.25) is 5.91 Å². The molecule has 1 fully saturated rings. The van der Waals surface area contributed by atoms with Gasteiger partial charge in [-0.25, -0.2) is 0 Å². The first-order chi connectivity index (χ1) is 9.68. The lowest BCUT2D eigenvalue weighted by molar-refractivity contribution is -0.137. The second-order valence-electron chi connectivity index (χ2n) is 5.34. The van der Waals surface area contributed by atoms with E-state index in [0.717, 1.165) is 31.4 Å². The van der Waals surface area contributed by atoms with Crippen LogP contribution in [0.3, 0.4) is 0 Å². The molecule has 1 heterocycles. The quantitative estimate of drug-likeness (QED) is 0.895. The highest BCUT2D eigenvalue weighted by Gasteiger charge is 2.30. The Labute approximate surface area is 120 Å². The van der Waals surface area contributed by atoms with E-state index in [1.807, 2.05) is 30.3 Å². The molecule has 20 heavy (non-hydrogen) atoms. The van der Waals surface area contributed by atoms with Crippen LogP contribution >= 0.6 is 0 Å². The van der Waals surface area contributed by atoms with E-state index in [2.05, 4.69) is 0 Å². The summed E-state index contributed by atoms with van der Waals surface area (Å²) in [6.45, 7) is 3.07. The van der Waals surface area contributed by atoms with Crippen LogP contribution in [0.2, 0.25) is 0 Å². The van der Waals surface area contributed by atoms with E-state index in [0.29, 0.717) is 6.61 Å². The minimum Gasteiger partial charge on any atom is -0.389 e. The maximum Gasteiger partial charge on any atom is 0.219 e. The highest BCUT2D eigenvalue weighted by atomic mass is 16.5. The highest BCUT2D eigenvalue weighted by Crippen LogP contribution is 2.20. The van der Waals surface area contributed by atoms with Crippen LogP contribution in [-0.2, 0) is 16.1 Å². The summed E-state index contributed by atoms with van der Waals surface area (Å²) < 4.78 is 5.57. The van der Waals surface area contributed by atoms with Gasteiger partial charge in [-0.2, -0.15) is 0 Å². The Bertz CT molecular complexity index is 421. The number of aliphatic hydroxyl groups is 1. The summed E-state index contributed by atoms with van der Waals surface area (Å²) in [5.74, 6) is 0.0387. The molecule has 1 amide bonds. The van der Waals surface area contributed by atoms with E-state index in [-0.39, 0.29) is 18.6 Å². The van der Waals surface area contributed by atoms with Crippen molar-refractivity contribution in [2.24, 2.45) is 0 Å². The maximum atomic E-state index is 11.6. The van der Waals surface area contributed by atoms with Gasteiger partial charge in [-0.05, 0) is 24.8 Å². The molecule has 0 radical (unpaired) electrons. The molecule has 1 aliphatic heterocycles. The molecule has 0 aliphatic carbocycles. The van der Waals surface area contributed by atoms with E-state index in [1.54, 1.807) is 11.8 Å². The summed E-state index contributed by atoms with van der Waals surface area (Å²) in [5.41, 5.74) is 1.09. The minimum atomic E-state index is -0.608. The minimum absolute atomic E-state index is 0.0387. The van der Waals surface area contributed by atoms with Crippen molar-refractivity contribution in [3.05, 3.63) is 35.9 Å². The molecule has 2 atom stereocenters. The Morgan fingerprint density at radius 1 is 1.40 bits per heavy atom. The standard InChI is InChI=1S/C16H23NO3/c1-13(18)17-10-6-5-9-15(17)16(19)12-20-11-14-7-3-2-4-8-14/h2-4,7-8,15-16,19H,5-6,9-12H2,1H3. The Kier molecular flexibility index (Phi) is 5.56. The van der Waals surface area contributed by atoms with E-state index >= 15 is 0 Å². The third-order valence-electron chi connectivity index (χ3n) is 3.80.